The van der Waals surface area contributed by atoms with E-state index in [-0.39, 0.29) is 12.1 Å². The second-order valence-corrected chi connectivity index (χ2v) is 7.73. The molecule has 23 heavy (non-hydrogen) atoms. The number of carbonyl (C=O) groups excluding carboxylic acids is 1. The van der Waals surface area contributed by atoms with Gasteiger partial charge in [-0.2, -0.15) is 0 Å². The lowest BCUT2D eigenvalue weighted by Gasteiger charge is -2.27. The largest absolute Gasteiger partial charge is 0.493 e. The molecule has 0 radical (unpaired) electrons. The summed E-state index contributed by atoms with van der Waals surface area (Å²) in [5, 5.41) is 2.96. The van der Waals surface area contributed by atoms with Crippen molar-refractivity contribution in [3.05, 3.63) is 46.6 Å². The molecule has 1 aromatic rings. The van der Waals surface area contributed by atoms with Gasteiger partial charge >= 0.3 is 6.09 Å². The van der Waals surface area contributed by atoms with Gasteiger partial charge in [0, 0.05) is 10.9 Å². The molecular weight excluding hydrogens is 358 g/mol. The van der Waals surface area contributed by atoms with Crippen LogP contribution in [-0.2, 0) is 15.9 Å². The van der Waals surface area contributed by atoms with Crippen LogP contribution in [0.1, 0.15) is 39.2 Å². The number of halogens is 1. The summed E-state index contributed by atoms with van der Waals surface area (Å²) in [6.45, 7) is 9.43. The van der Waals surface area contributed by atoms with E-state index < -0.39 is 11.7 Å². The van der Waals surface area contributed by atoms with Crippen molar-refractivity contribution < 1.29 is 14.3 Å². The van der Waals surface area contributed by atoms with E-state index in [0.717, 1.165) is 28.6 Å². The molecule has 0 saturated carbocycles. The van der Waals surface area contributed by atoms with Crippen LogP contribution in [0.4, 0.5) is 4.79 Å². The number of carbonyl (C=O) groups is 1. The molecule has 1 amide bonds. The first-order valence-corrected chi connectivity index (χ1v) is 8.60. The van der Waals surface area contributed by atoms with Gasteiger partial charge in [-0.3, -0.25) is 0 Å². The lowest BCUT2D eigenvalue weighted by atomic mass is 9.99. The quantitative estimate of drug-likeness (QED) is 0.830. The Hall–Kier alpha value is -1.49. The smallest absolute Gasteiger partial charge is 0.408 e. The Morgan fingerprint density at radius 2 is 2.09 bits per heavy atom. The second-order valence-electron chi connectivity index (χ2n) is 6.82. The van der Waals surface area contributed by atoms with Crippen molar-refractivity contribution in [2.45, 2.75) is 57.8 Å². The van der Waals surface area contributed by atoms with E-state index in [9.17, 15) is 4.79 Å². The summed E-state index contributed by atoms with van der Waals surface area (Å²) in [7, 11) is 0. The maximum atomic E-state index is 12.1. The van der Waals surface area contributed by atoms with Crippen LogP contribution >= 0.6 is 15.9 Å². The van der Waals surface area contributed by atoms with Gasteiger partial charge in [0.2, 0.25) is 0 Å². The fraction of sp³-hybridized carbons (Fsp3) is 0.500. The molecule has 1 aromatic carbocycles. The number of benzene rings is 1. The average molecular weight is 382 g/mol. The fourth-order valence-corrected chi connectivity index (χ4v) is 2.79. The number of alkyl carbamates (subject to hydrolysis) is 1. The third kappa shape index (κ3) is 5.90. The Morgan fingerprint density at radius 3 is 2.61 bits per heavy atom. The van der Waals surface area contributed by atoms with Crippen molar-refractivity contribution >= 4 is 22.0 Å². The molecular formula is C18H24BrNO3. The predicted molar refractivity (Wildman–Crippen MR) is 94.3 cm³/mol. The van der Waals surface area contributed by atoms with Gasteiger partial charge in [0.25, 0.3) is 0 Å². The zero-order valence-electron chi connectivity index (χ0n) is 13.9. The number of nitrogens with one attached hydrogen (secondary N) is 1. The van der Waals surface area contributed by atoms with Crippen LogP contribution in [0.3, 0.4) is 0 Å². The maximum absolute atomic E-state index is 12.1. The summed E-state index contributed by atoms with van der Waals surface area (Å²) in [5.74, 6) is 0.779. The molecule has 2 rings (SSSR count). The van der Waals surface area contributed by atoms with Crippen molar-refractivity contribution in [1.82, 2.24) is 5.32 Å². The summed E-state index contributed by atoms with van der Waals surface area (Å²) in [4.78, 5) is 12.1. The first kappa shape index (κ1) is 17.9. The summed E-state index contributed by atoms with van der Waals surface area (Å²) < 4.78 is 12.2. The molecule has 1 fully saturated rings. The van der Waals surface area contributed by atoms with Crippen LogP contribution in [0.15, 0.2) is 41.1 Å². The number of allylic oxidation sites excluding steroid dienone is 1. The van der Waals surface area contributed by atoms with Crippen molar-refractivity contribution in [3.8, 4) is 0 Å². The van der Waals surface area contributed by atoms with Crippen LogP contribution in [0.5, 0.6) is 0 Å². The lowest BCUT2D eigenvalue weighted by molar-refractivity contribution is 0.0423. The minimum atomic E-state index is -0.521. The van der Waals surface area contributed by atoms with E-state index in [1.165, 1.54) is 0 Å². The van der Waals surface area contributed by atoms with Crippen molar-refractivity contribution in [2.75, 3.05) is 0 Å². The topological polar surface area (TPSA) is 47.6 Å². The standard InChI is InChI=1S/C18H24BrNO3/c1-12-5-10-16(22-12)15(20-17(21)23-18(2,3)4)11-13-6-8-14(19)9-7-13/h6-9,15-16H,1,5,10-11H2,2-4H3,(H,20,21)/t15-,16-/m0/s1. The Kier molecular flexibility index (Phi) is 5.74. The molecule has 0 spiro atoms. The Labute approximate surface area is 146 Å². The highest BCUT2D eigenvalue weighted by molar-refractivity contribution is 9.10. The van der Waals surface area contributed by atoms with Gasteiger partial charge in [0.05, 0.1) is 11.8 Å². The lowest BCUT2D eigenvalue weighted by Crippen LogP contribution is -2.46. The van der Waals surface area contributed by atoms with Gasteiger partial charge in [-0.25, -0.2) is 4.79 Å². The molecule has 126 valence electrons. The predicted octanol–water partition coefficient (Wildman–Crippen LogP) is 4.58. The second kappa shape index (κ2) is 7.39. The zero-order chi connectivity index (χ0) is 17.0. The number of hydrogen-bond donors (Lipinski definition) is 1. The molecule has 1 N–H and O–H groups in total. The fourth-order valence-electron chi connectivity index (χ4n) is 2.53. The molecule has 0 bridgehead atoms. The van der Waals surface area contributed by atoms with Crippen molar-refractivity contribution in [2.24, 2.45) is 0 Å². The third-order valence-corrected chi connectivity index (χ3v) is 4.07. The highest BCUT2D eigenvalue weighted by Crippen LogP contribution is 2.26. The van der Waals surface area contributed by atoms with Gasteiger partial charge in [-0.05, 0) is 51.3 Å². The molecule has 1 aliphatic rings. The van der Waals surface area contributed by atoms with Gasteiger partial charge < -0.3 is 14.8 Å². The average Bonchev–Trinajstić information content (AvgIpc) is 2.85. The molecule has 0 unspecified atom stereocenters. The molecule has 1 saturated heterocycles. The monoisotopic (exact) mass is 381 g/mol. The number of amides is 1. The first-order valence-electron chi connectivity index (χ1n) is 7.81. The molecule has 1 aliphatic heterocycles. The number of rotatable bonds is 4. The molecule has 4 nitrogen and oxygen atoms in total. The van der Waals surface area contributed by atoms with E-state index in [1.807, 2.05) is 45.0 Å². The first-order chi connectivity index (χ1) is 10.7. The summed E-state index contributed by atoms with van der Waals surface area (Å²) in [6.07, 6.45) is 1.89. The SMILES string of the molecule is C=C1CC[C@@H]([C@H](Cc2ccc(Br)cc2)NC(=O)OC(C)(C)C)O1. The van der Waals surface area contributed by atoms with Crippen molar-refractivity contribution in [1.29, 1.82) is 0 Å². The molecule has 0 aromatic heterocycles. The van der Waals surface area contributed by atoms with E-state index >= 15 is 0 Å². The van der Waals surface area contributed by atoms with Crippen LogP contribution in [-0.4, -0.2) is 23.8 Å². The summed E-state index contributed by atoms with van der Waals surface area (Å²) in [5.41, 5.74) is 0.613. The molecule has 0 aliphatic carbocycles. The number of hydrogen-bond acceptors (Lipinski definition) is 3. The zero-order valence-corrected chi connectivity index (χ0v) is 15.5. The van der Waals surface area contributed by atoms with E-state index in [1.54, 1.807) is 0 Å². The summed E-state index contributed by atoms with van der Waals surface area (Å²) in [6, 6.07) is 7.92. The number of ether oxygens (including phenoxy) is 2. The Bertz CT molecular complexity index is 563. The van der Waals surface area contributed by atoms with Gasteiger partial charge in [-0.1, -0.05) is 34.6 Å². The van der Waals surface area contributed by atoms with Crippen LogP contribution < -0.4 is 5.32 Å². The Morgan fingerprint density at radius 1 is 1.43 bits per heavy atom. The van der Waals surface area contributed by atoms with Crippen LogP contribution in [0.2, 0.25) is 0 Å². The minimum Gasteiger partial charge on any atom is -0.493 e. The highest BCUT2D eigenvalue weighted by Gasteiger charge is 2.31. The molecule has 5 heteroatoms. The highest BCUT2D eigenvalue weighted by atomic mass is 79.9. The van der Waals surface area contributed by atoms with Gasteiger partial charge in [0.15, 0.2) is 0 Å². The summed E-state index contributed by atoms with van der Waals surface area (Å²) >= 11 is 3.43. The molecule has 2 atom stereocenters. The van der Waals surface area contributed by atoms with Crippen LogP contribution in [0, 0.1) is 0 Å². The van der Waals surface area contributed by atoms with E-state index in [0.29, 0.717) is 6.42 Å². The van der Waals surface area contributed by atoms with Gasteiger partial charge in [0.1, 0.15) is 11.7 Å². The Balaban J connectivity index is 2.06. The van der Waals surface area contributed by atoms with E-state index in [4.69, 9.17) is 9.47 Å². The van der Waals surface area contributed by atoms with E-state index in [2.05, 4.69) is 27.8 Å². The minimum absolute atomic E-state index is 0.0707. The molecule has 1 heterocycles. The maximum Gasteiger partial charge on any atom is 0.408 e. The normalized spacial score (nSPS) is 19.1. The van der Waals surface area contributed by atoms with Crippen LogP contribution in [0.25, 0.3) is 0 Å². The van der Waals surface area contributed by atoms with Crippen molar-refractivity contribution in [3.63, 3.8) is 0 Å². The third-order valence-electron chi connectivity index (χ3n) is 3.55. The van der Waals surface area contributed by atoms with Gasteiger partial charge in [-0.15, -0.1) is 0 Å².